The van der Waals surface area contributed by atoms with Crippen molar-refractivity contribution in [3.63, 3.8) is 0 Å². The number of carbonyl (C=O) groups excluding carboxylic acids is 1. The van der Waals surface area contributed by atoms with Gasteiger partial charge in [-0.2, -0.15) is 0 Å². The highest BCUT2D eigenvalue weighted by Crippen LogP contribution is 2.17. The summed E-state index contributed by atoms with van der Waals surface area (Å²) in [5.74, 6) is 0.833. The molecule has 0 heterocycles. The normalized spacial score (nSPS) is 8.67. The number of nitrogens with zero attached hydrogens (tertiary/aromatic N) is 2. The Labute approximate surface area is 249 Å². The van der Waals surface area contributed by atoms with Crippen LogP contribution in [0, 0.1) is 5.92 Å². The van der Waals surface area contributed by atoms with E-state index in [1.807, 2.05) is 48.5 Å². The van der Waals surface area contributed by atoms with Gasteiger partial charge in [-0.25, -0.2) is 9.98 Å². The SMILES string of the molecule is C.C.C=C(C)C.C=O.CC(C)C.CCO[Si](CCCN)(OCC)OCC.CN=C=NC.CNCCC[SiH2]C.O. The van der Waals surface area contributed by atoms with E-state index >= 15 is 0 Å². The van der Waals surface area contributed by atoms with Crippen LogP contribution in [0.1, 0.15) is 83.1 Å². The number of rotatable bonds is 13. The Balaban J connectivity index is -0.0000000439. The zero-order valence-electron chi connectivity index (χ0n) is 26.7. The highest BCUT2D eigenvalue weighted by Gasteiger charge is 2.39. The summed E-state index contributed by atoms with van der Waals surface area (Å²) in [6.45, 7) is 28.0. The lowest BCUT2D eigenvalue weighted by molar-refractivity contribution is -0.0980. The van der Waals surface area contributed by atoms with Crippen LogP contribution in [-0.4, -0.2) is 90.7 Å². The Bertz CT molecular complexity index is 422. The predicted molar refractivity (Wildman–Crippen MR) is 184 cm³/mol. The van der Waals surface area contributed by atoms with Crippen molar-refractivity contribution < 1.29 is 23.5 Å². The number of hydrogen-bond acceptors (Lipinski definition) is 8. The zero-order valence-corrected chi connectivity index (χ0v) is 29.1. The van der Waals surface area contributed by atoms with E-state index in [1.165, 1.54) is 24.6 Å². The first kappa shape index (κ1) is 61.8. The summed E-state index contributed by atoms with van der Waals surface area (Å²) in [5.41, 5.74) is 6.65. The van der Waals surface area contributed by atoms with Crippen LogP contribution in [-0.2, 0) is 18.1 Å². The van der Waals surface area contributed by atoms with Crippen molar-refractivity contribution in [3.8, 4) is 0 Å². The molecule has 11 heteroatoms. The van der Waals surface area contributed by atoms with E-state index in [2.05, 4.69) is 55.2 Å². The van der Waals surface area contributed by atoms with E-state index in [0.717, 1.165) is 18.4 Å². The van der Waals surface area contributed by atoms with E-state index in [4.69, 9.17) is 23.8 Å². The van der Waals surface area contributed by atoms with Gasteiger partial charge in [0, 0.05) is 49.5 Å². The smallest absolute Gasteiger partial charge is 0.412 e. The average Bonchev–Trinajstić information content (AvgIpc) is 2.81. The molecule has 0 unspecified atom stereocenters. The third-order valence-electron chi connectivity index (χ3n) is 3.01. The summed E-state index contributed by atoms with van der Waals surface area (Å²) < 4.78 is 17.0. The van der Waals surface area contributed by atoms with Gasteiger partial charge in [0.05, 0.1) is 6.01 Å². The molecule has 0 atom stereocenters. The number of nitrogens with two attached hydrogens (primary N) is 1. The Kier molecular flexibility index (Phi) is 97.0. The van der Waals surface area contributed by atoms with Crippen molar-refractivity contribution in [3.05, 3.63) is 12.2 Å². The molecule has 5 N–H and O–H groups in total. The minimum Gasteiger partial charge on any atom is -0.412 e. The van der Waals surface area contributed by atoms with Gasteiger partial charge in [0.1, 0.15) is 6.79 Å². The Morgan fingerprint density at radius 2 is 1.31 bits per heavy atom. The lowest BCUT2D eigenvalue weighted by atomic mass is 10.3. The van der Waals surface area contributed by atoms with E-state index < -0.39 is 8.80 Å². The minimum atomic E-state index is -2.40. The molecule has 0 amide bonds. The van der Waals surface area contributed by atoms with Crippen LogP contribution in [0.5, 0.6) is 0 Å². The van der Waals surface area contributed by atoms with E-state index in [0.29, 0.717) is 35.9 Å². The maximum atomic E-state index is 8.00. The number of hydrogen-bond donors (Lipinski definition) is 2. The standard InChI is InChI=1S/C9H23NO3Si.C5H15NSi.C4H10.C4H8.C3H6N2.CH2O.2CH4.H2O/c1-4-11-14(12-5-2,13-6-3)9-7-8-10;1-6-4-3-5-7-2;2*1-4(2)3;1-4-3-5-2;1-2;;;/h4-10H2,1-3H3;6H,3-5,7H2,1-2H3;4H,1-3H3;1H2,2-3H3;1-2H3;1H2;2*1H4;1H2. The van der Waals surface area contributed by atoms with Crippen molar-refractivity contribution in [2.75, 3.05) is 54.1 Å². The van der Waals surface area contributed by atoms with E-state index in [9.17, 15) is 0 Å². The van der Waals surface area contributed by atoms with Crippen LogP contribution in [0.3, 0.4) is 0 Å². The van der Waals surface area contributed by atoms with Gasteiger partial charge in [0.2, 0.25) is 0 Å². The lowest BCUT2D eigenvalue weighted by Crippen LogP contribution is -2.46. The minimum absolute atomic E-state index is 0. The van der Waals surface area contributed by atoms with Gasteiger partial charge in [-0.1, -0.05) is 53.8 Å². The van der Waals surface area contributed by atoms with Crippen molar-refractivity contribution in [2.24, 2.45) is 21.6 Å². The van der Waals surface area contributed by atoms with Gasteiger partial charge in [-0.15, -0.1) is 6.58 Å². The summed E-state index contributed by atoms with van der Waals surface area (Å²) >= 11 is 0. The third-order valence-corrected chi connectivity index (χ3v) is 7.37. The number of nitrogens with one attached hydrogen (secondary N) is 1. The molecule has 244 valence electrons. The third kappa shape index (κ3) is 93.7. The fourth-order valence-corrected chi connectivity index (χ4v) is 5.36. The maximum Gasteiger partial charge on any atom is 0.500 e. The van der Waals surface area contributed by atoms with E-state index in [1.54, 1.807) is 14.1 Å². The van der Waals surface area contributed by atoms with Crippen LogP contribution in [0.15, 0.2) is 22.1 Å². The quantitative estimate of drug-likeness (QED) is 0.123. The topological polar surface area (TPSA) is 139 Å². The van der Waals surface area contributed by atoms with Crippen LogP contribution in [0.25, 0.3) is 0 Å². The molecule has 39 heavy (non-hydrogen) atoms. The lowest BCUT2D eigenvalue weighted by Gasteiger charge is -2.28. The molecule has 0 saturated carbocycles. The van der Waals surface area contributed by atoms with Gasteiger partial charge in [-0.3, -0.25) is 0 Å². The molecule has 9 nitrogen and oxygen atoms in total. The average molecular weight is 603 g/mol. The fourth-order valence-electron chi connectivity index (χ4n) is 1.97. The van der Waals surface area contributed by atoms with Crippen LogP contribution < -0.4 is 11.1 Å². The summed E-state index contributed by atoms with van der Waals surface area (Å²) in [7, 11) is 3.23. The van der Waals surface area contributed by atoms with Crippen LogP contribution in [0.4, 0.5) is 0 Å². The molecule has 0 spiro atoms. The molecule has 0 aromatic rings. The Morgan fingerprint density at radius 3 is 1.49 bits per heavy atom. The highest BCUT2D eigenvalue weighted by atomic mass is 28.4. The zero-order chi connectivity index (χ0) is 29.7. The molecule has 0 fully saturated rings. The van der Waals surface area contributed by atoms with Gasteiger partial charge in [-0.05, 0) is 73.5 Å². The monoisotopic (exact) mass is 603 g/mol. The van der Waals surface area contributed by atoms with Gasteiger partial charge in [0.15, 0.2) is 0 Å². The molecule has 0 aliphatic rings. The summed E-state index contributed by atoms with van der Waals surface area (Å²) in [6.07, 6.45) is 2.28. The van der Waals surface area contributed by atoms with Crippen molar-refractivity contribution >= 4 is 31.1 Å². The van der Waals surface area contributed by atoms with Crippen LogP contribution >= 0.6 is 0 Å². The molecule has 0 rings (SSSR count). The Morgan fingerprint density at radius 1 is 0.974 bits per heavy atom. The molecule has 0 radical (unpaired) electrons. The molecule has 0 aliphatic heterocycles. The maximum absolute atomic E-state index is 8.00. The molecular weight excluding hydrogens is 529 g/mol. The molecule has 0 aromatic heterocycles. The van der Waals surface area contributed by atoms with Gasteiger partial charge in [0.25, 0.3) is 0 Å². The van der Waals surface area contributed by atoms with Crippen molar-refractivity contribution in [2.45, 2.75) is 102 Å². The molecule has 0 aliphatic carbocycles. The van der Waals surface area contributed by atoms with Gasteiger partial charge >= 0.3 is 8.80 Å². The number of aliphatic imine (C=N–C) groups is 2. The first-order valence-corrected chi connectivity index (χ1v) is 17.5. The van der Waals surface area contributed by atoms with Crippen molar-refractivity contribution in [1.29, 1.82) is 0 Å². The molecule has 0 saturated heterocycles. The number of allylic oxidation sites excluding steroid dienone is 1. The van der Waals surface area contributed by atoms with Crippen LogP contribution in [0.2, 0.25) is 18.6 Å². The summed E-state index contributed by atoms with van der Waals surface area (Å²) in [6, 6.07) is 4.68. The first-order chi connectivity index (χ1) is 17.0. The largest absolute Gasteiger partial charge is 0.500 e. The van der Waals surface area contributed by atoms with Gasteiger partial charge < -0.3 is 34.6 Å². The highest BCUT2D eigenvalue weighted by molar-refractivity contribution is 6.60. The first-order valence-electron chi connectivity index (χ1n) is 13.1. The second-order valence-corrected chi connectivity index (χ2v) is 12.6. The fraction of sp³-hybridized carbons (Fsp3) is 0.857. The summed E-state index contributed by atoms with van der Waals surface area (Å²) in [5, 5.41) is 3.12. The van der Waals surface area contributed by atoms with E-state index in [-0.39, 0.29) is 20.3 Å². The molecule has 0 bridgehead atoms. The van der Waals surface area contributed by atoms with Crippen molar-refractivity contribution in [1.82, 2.24) is 5.32 Å². The number of carbonyl (C=O) groups is 1. The molecular formula is C28H74N4O5Si2. The second-order valence-electron chi connectivity index (χ2n) is 8.17. The second kappa shape index (κ2) is 61.2. The Hall–Kier alpha value is -1.02. The summed E-state index contributed by atoms with van der Waals surface area (Å²) in [4.78, 5) is 14.9. The predicted octanol–water partition coefficient (Wildman–Crippen LogP) is 5.54. The molecule has 0 aromatic carbocycles.